The van der Waals surface area contributed by atoms with E-state index >= 15 is 0 Å². The fourth-order valence-electron chi connectivity index (χ4n) is 7.78. The van der Waals surface area contributed by atoms with E-state index in [9.17, 15) is 0 Å². The highest BCUT2D eigenvalue weighted by atomic mass is 32.1. The monoisotopic (exact) mass is 669 g/mol. The first-order valence-corrected chi connectivity index (χ1v) is 17.9. The third-order valence-corrected chi connectivity index (χ3v) is 11.3. The molecule has 0 atom stereocenters. The zero-order valence-electron chi connectivity index (χ0n) is 27.2. The molecule has 11 aromatic rings. The number of hydrogen-bond donors (Lipinski definition) is 0. The normalized spacial score (nSPS) is 11.9. The molecule has 7 aromatic carbocycles. The van der Waals surface area contributed by atoms with Gasteiger partial charge in [0.1, 0.15) is 23.1 Å². The van der Waals surface area contributed by atoms with E-state index in [1.165, 1.54) is 42.0 Å². The van der Waals surface area contributed by atoms with E-state index in [1.807, 2.05) is 23.5 Å². The van der Waals surface area contributed by atoms with Crippen LogP contribution < -0.4 is 0 Å². The van der Waals surface area contributed by atoms with E-state index < -0.39 is 0 Å². The lowest BCUT2D eigenvalue weighted by Crippen LogP contribution is -1.94. The van der Waals surface area contributed by atoms with Gasteiger partial charge in [-0.2, -0.15) is 0 Å². The summed E-state index contributed by atoms with van der Waals surface area (Å²) in [5, 5.41) is 6.20. The number of thiophene rings is 1. The molecule has 11 rings (SSSR count). The van der Waals surface area contributed by atoms with Gasteiger partial charge < -0.3 is 8.98 Å². The Bertz CT molecular complexity index is 3150. The SMILES string of the molecule is c1ccc(-c2ccc3oc4c(-c5cccc(-c6cccc(-n7c8ccccc8c8c9sc%10ccccc%10c9ccc87)c6)c5)ncnc4c3c2)cc1. The topological polar surface area (TPSA) is 43.9 Å². The van der Waals surface area contributed by atoms with E-state index in [4.69, 9.17) is 9.40 Å². The molecule has 0 unspecified atom stereocenters. The van der Waals surface area contributed by atoms with Crippen LogP contribution in [0.1, 0.15) is 0 Å². The first-order valence-electron chi connectivity index (χ1n) is 17.1. The maximum Gasteiger partial charge on any atom is 0.180 e. The maximum atomic E-state index is 6.45. The Hall–Kier alpha value is -6.56. The van der Waals surface area contributed by atoms with Gasteiger partial charge in [0.05, 0.1) is 11.0 Å². The molecule has 238 valence electrons. The summed E-state index contributed by atoms with van der Waals surface area (Å²) in [4.78, 5) is 9.43. The maximum absolute atomic E-state index is 6.45. The number of furan rings is 1. The molecule has 0 N–H and O–H groups in total. The number of hydrogen-bond acceptors (Lipinski definition) is 4. The molecule has 0 aliphatic carbocycles. The lowest BCUT2D eigenvalue weighted by atomic mass is 10.0. The van der Waals surface area contributed by atoms with Crippen molar-refractivity contribution in [1.82, 2.24) is 14.5 Å². The van der Waals surface area contributed by atoms with Crippen LogP contribution in [0.2, 0.25) is 0 Å². The molecule has 4 aromatic heterocycles. The Balaban J connectivity index is 1.04. The minimum Gasteiger partial charge on any atom is -0.452 e. The molecule has 4 heterocycles. The van der Waals surface area contributed by atoms with Gasteiger partial charge in [-0.15, -0.1) is 11.3 Å². The molecule has 4 nitrogen and oxygen atoms in total. The highest BCUT2D eigenvalue weighted by molar-refractivity contribution is 7.26. The smallest absolute Gasteiger partial charge is 0.180 e. The minimum atomic E-state index is 0.696. The Morgan fingerprint density at radius 1 is 0.490 bits per heavy atom. The van der Waals surface area contributed by atoms with Crippen molar-refractivity contribution in [1.29, 1.82) is 0 Å². The third-order valence-electron chi connectivity index (χ3n) is 10.1. The number of nitrogens with zero attached hydrogens (tertiary/aromatic N) is 3. The van der Waals surface area contributed by atoms with Gasteiger partial charge in [0.2, 0.25) is 0 Å². The summed E-state index contributed by atoms with van der Waals surface area (Å²) in [5.74, 6) is 0. The third kappa shape index (κ3) is 4.32. The number of para-hydroxylation sites is 1. The summed E-state index contributed by atoms with van der Waals surface area (Å²) in [7, 11) is 0. The van der Waals surface area contributed by atoms with E-state index in [-0.39, 0.29) is 0 Å². The van der Waals surface area contributed by atoms with Gasteiger partial charge in [-0.25, -0.2) is 9.97 Å². The van der Waals surface area contributed by atoms with Crippen LogP contribution in [-0.2, 0) is 0 Å². The van der Waals surface area contributed by atoms with E-state index in [2.05, 4.69) is 155 Å². The van der Waals surface area contributed by atoms with Crippen molar-refractivity contribution >= 4 is 75.4 Å². The van der Waals surface area contributed by atoms with Crippen molar-refractivity contribution in [3.8, 4) is 39.2 Å². The highest BCUT2D eigenvalue weighted by Gasteiger charge is 2.19. The number of aromatic nitrogens is 3. The van der Waals surface area contributed by atoms with Crippen LogP contribution in [0.25, 0.3) is 103 Å². The summed E-state index contributed by atoms with van der Waals surface area (Å²) < 4.78 is 11.5. The number of benzene rings is 7. The zero-order chi connectivity index (χ0) is 33.5. The predicted molar refractivity (Wildman–Crippen MR) is 213 cm³/mol. The summed E-state index contributed by atoms with van der Waals surface area (Å²) in [6.07, 6.45) is 1.64. The Kier molecular flexibility index (Phi) is 6.09. The molecule has 0 spiro atoms. The minimum absolute atomic E-state index is 0.696. The second-order valence-corrected chi connectivity index (χ2v) is 14.0. The second-order valence-electron chi connectivity index (χ2n) is 13.0. The molecule has 0 radical (unpaired) electrons. The first-order chi connectivity index (χ1) is 25.3. The lowest BCUT2D eigenvalue weighted by Gasteiger charge is -2.11. The van der Waals surface area contributed by atoms with Crippen LogP contribution in [0.5, 0.6) is 0 Å². The van der Waals surface area contributed by atoms with Crippen molar-refractivity contribution in [2.24, 2.45) is 0 Å². The van der Waals surface area contributed by atoms with E-state index in [1.54, 1.807) is 6.33 Å². The van der Waals surface area contributed by atoms with Gasteiger partial charge in [0.15, 0.2) is 5.58 Å². The van der Waals surface area contributed by atoms with Crippen molar-refractivity contribution in [2.75, 3.05) is 0 Å². The molecule has 0 bridgehead atoms. The number of fused-ring (bicyclic) bond motifs is 10. The van der Waals surface area contributed by atoms with Gasteiger partial charge in [0, 0.05) is 47.6 Å². The van der Waals surface area contributed by atoms with Crippen molar-refractivity contribution in [2.45, 2.75) is 0 Å². The van der Waals surface area contributed by atoms with Crippen LogP contribution in [0.4, 0.5) is 0 Å². The quantitative estimate of drug-likeness (QED) is 0.187. The van der Waals surface area contributed by atoms with E-state index in [0.29, 0.717) is 5.58 Å². The van der Waals surface area contributed by atoms with Crippen molar-refractivity contribution < 1.29 is 4.42 Å². The van der Waals surface area contributed by atoms with Gasteiger partial charge in [-0.3, -0.25) is 0 Å². The van der Waals surface area contributed by atoms with Crippen LogP contribution in [0.15, 0.2) is 168 Å². The second kappa shape index (κ2) is 11.0. The Morgan fingerprint density at radius 2 is 1.24 bits per heavy atom. The van der Waals surface area contributed by atoms with Crippen molar-refractivity contribution in [3.63, 3.8) is 0 Å². The molecule has 0 amide bonds. The van der Waals surface area contributed by atoms with Crippen LogP contribution in [0, 0.1) is 0 Å². The molecule has 0 aliphatic rings. The average Bonchev–Trinajstić information content (AvgIpc) is 3.87. The van der Waals surface area contributed by atoms with Crippen LogP contribution in [0.3, 0.4) is 0 Å². The fraction of sp³-hybridized carbons (Fsp3) is 0. The number of rotatable bonds is 4. The largest absolute Gasteiger partial charge is 0.452 e. The molecule has 0 aliphatic heterocycles. The van der Waals surface area contributed by atoms with E-state index in [0.717, 1.165) is 55.7 Å². The van der Waals surface area contributed by atoms with Gasteiger partial charge in [-0.1, -0.05) is 109 Å². The van der Waals surface area contributed by atoms with Gasteiger partial charge in [-0.05, 0) is 70.8 Å². The van der Waals surface area contributed by atoms with Gasteiger partial charge in [0.25, 0.3) is 0 Å². The molecular weight excluding hydrogens is 643 g/mol. The summed E-state index contributed by atoms with van der Waals surface area (Å²) in [6.45, 7) is 0. The van der Waals surface area contributed by atoms with Crippen LogP contribution in [-0.4, -0.2) is 14.5 Å². The Morgan fingerprint density at radius 3 is 2.16 bits per heavy atom. The fourth-order valence-corrected chi connectivity index (χ4v) is 9.03. The molecule has 51 heavy (non-hydrogen) atoms. The van der Waals surface area contributed by atoms with Crippen LogP contribution >= 0.6 is 11.3 Å². The van der Waals surface area contributed by atoms with Gasteiger partial charge >= 0.3 is 0 Å². The molecular formula is C46H27N3OS. The summed E-state index contributed by atoms with van der Waals surface area (Å²) >= 11 is 1.88. The first kappa shape index (κ1) is 28.3. The molecule has 0 fully saturated rings. The molecule has 0 saturated heterocycles. The lowest BCUT2D eigenvalue weighted by molar-refractivity contribution is 0.667. The van der Waals surface area contributed by atoms with Crippen molar-refractivity contribution in [3.05, 3.63) is 164 Å². The zero-order valence-corrected chi connectivity index (χ0v) is 28.1. The highest BCUT2D eigenvalue weighted by Crippen LogP contribution is 2.44. The molecule has 0 saturated carbocycles. The standard InChI is InChI=1S/C46H27N3OS/c1-2-10-28(11-3-1)31-20-23-40-37(26-31)44-45(50-40)43(47-27-48-44)32-14-8-12-29(24-32)30-13-9-15-33(25-30)49-38-18-6-4-17-36(38)42-39(49)22-21-35-34-16-5-7-19-41(34)51-46(35)42/h1-27H. The summed E-state index contributed by atoms with van der Waals surface area (Å²) in [5.41, 5.74) is 12.1. The average molecular weight is 670 g/mol. The Labute approximate surface area is 296 Å². The summed E-state index contributed by atoms with van der Waals surface area (Å²) in [6, 6.07) is 56.2. The molecule has 5 heteroatoms. The predicted octanol–water partition coefficient (Wildman–Crippen LogP) is 12.8.